The summed E-state index contributed by atoms with van der Waals surface area (Å²) in [6.45, 7) is 2.41. The van der Waals surface area contributed by atoms with Crippen LogP contribution in [0.3, 0.4) is 0 Å². The summed E-state index contributed by atoms with van der Waals surface area (Å²) in [4.78, 5) is 31.8. The largest absolute Gasteiger partial charge is 0.486 e. The monoisotopic (exact) mass is 373 g/mol. The lowest BCUT2D eigenvalue weighted by atomic mass is 10.1. The number of anilines is 1. The summed E-state index contributed by atoms with van der Waals surface area (Å²) < 4.78 is 21.1. The number of rotatable bonds is 6. The van der Waals surface area contributed by atoms with E-state index in [0.29, 0.717) is 41.7 Å². The summed E-state index contributed by atoms with van der Waals surface area (Å²) in [7, 11) is 1.29. The summed E-state index contributed by atoms with van der Waals surface area (Å²) in [5, 5.41) is 2.71. The number of methoxy groups -OCH3 is 1. The van der Waals surface area contributed by atoms with E-state index in [1.807, 2.05) is 0 Å². The second kappa shape index (κ2) is 8.35. The van der Waals surface area contributed by atoms with E-state index in [9.17, 15) is 9.59 Å². The topological polar surface area (TPSA) is 109 Å². The fraction of sp³-hybridized carbons (Fsp3) is 0.333. The number of amides is 1. The molecule has 0 radical (unpaired) electrons. The van der Waals surface area contributed by atoms with Crippen molar-refractivity contribution in [3.63, 3.8) is 0 Å². The van der Waals surface area contributed by atoms with Gasteiger partial charge in [-0.3, -0.25) is 9.59 Å². The van der Waals surface area contributed by atoms with Crippen LogP contribution in [0.1, 0.15) is 11.3 Å². The highest BCUT2D eigenvalue weighted by Gasteiger charge is 2.16. The molecule has 0 bridgehead atoms. The number of aromatic nitrogens is 2. The van der Waals surface area contributed by atoms with Crippen LogP contribution in [0.2, 0.25) is 0 Å². The highest BCUT2D eigenvalue weighted by molar-refractivity contribution is 5.92. The van der Waals surface area contributed by atoms with Crippen LogP contribution in [0, 0.1) is 6.92 Å². The molecule has 0 saturated heterocycles. The zero-order chi connectivity index (χ0) is 19.2. The normalized spacial score (nSPS) is 12.2. The third-order valence-corrected chi connectivity index (χ3v) is 3.84. The number of fused-ring (bicyclic) bond motifs is 1. The number of carbonyl (C=O) groups is 2. The number of carbonyl (C=O) groups excluding carboxylic acids is 2. The number of benzene rings is 1. The number of aryl methyl sites for hydroxylation is 1. The molecule has 1 aromatic heterocycles. The number of hydrogen-bond acceptors (Lipinski definition) is 8. The number of ether oxygens (including phenoxy) is 4. The minimum atomic E-state index is -0.446. The first kappa shape index (κ1) is 18.4. The van der Waals surface area contributed by atoms with Crippen molar-refractivity contribution in [3.05, 3.63) is 35.8 Å². The highest BCUT2D eigenvalue weighted by Crippen LogP contribution is 2.32. The van der Waals surface area contributed by atoms with Crippen molar-refractivity contribution < 1.29 is 28.5 Å². The van der Waals surface area contributed by atoms with Gasteiger partial charge in [0.2, 0.25) is 5.88 Å². The molecule has 9 nitrogen and oxygen atoms in total. The van der Waals surface area contributed by atoms with Gasteiger partial charge in [-0.1, -0.05) is 0 Å². The molecule has 1 amide bonds. The van der Waals surface area contributed by atoms with Crippen LogP contribution in [-0.2, 0) is 20.7 Å². The Kier molecular flexibility index (Phi) is 5.70. The molecule has 0 spiro atoms. The van der Waals surface area contributed by atoms with E-state index in [2.05, 4.69) is 20.0 Å². The van der Waals surface area contributed by atoms with Gasteiger partial charge >= 0.3 is 5.97 Å². The SMILES string of the molecule is COC(=O)Cc1c(C)ncnc1OCC(=O)Nc1ccc2c(c1)OCCO2. The first-order valence-corrected chi connectivity index (χ1v) is 8.26. The Bertz CT molecular complexity index is 855. The zero-order valence-electron chi connectivity index (χ0n) is 15.0. The number of esters is 1. The highest BCUT2D eigenvalue weighted by atomic mass is 16.6. The molecule has 2 heterocycles. The molecule has 9 heteroatoms. The van der Waals surface area contributed by atoms with E-state index in [-0.39, 0.29) is 24.8 Å². The second-order valence-corrected chi connectivity index (χ2v) is 5.69. The van der Waals surface area contributed by atoms with E-state index >= 15 is 0 Å². The fourth-order valence-electron chi connectivity index (χ4n) is 2.48. The maximum atomic E-state index is 12.2. The molecule has 0 aliphatic carbocycles. The Morgan fingerprint density at radius 1 is 1.19 bits per heavy atom. The lowest BCUT2D eigenvalue weighted by molar-refractivity contribution is -0.139. The molecular formula is C18H19N3O6. The Labute approximate surface area is 155 Å². The van der Waals surface area contributed by atoms with Gasteiger partial charge in [0.25, 0.3) is 5.91 Å². The Morgan fingerprint density at radius 3 is 2.74 bits per heavy atom. The average Bonchev–Trinajstić information content (AvgIpc) is 2.68. The van der Waals surface area contributed by atoms with Gasteiger partial charge in [0, 0.05) is 23.0 Å². The molecule has 1 aliphatic heterocycles. The van der Waals surface area contributed by atoms with Crippen LogP contribution in [-0.4, -0.2) is 48.8 Å². The smallest absolute Gasteiger partial charge is 0.310 e. The van der Waals surface area contributed by atoms with Crippen LogP contribution in [0.25, 0.3) is 0 Å². The second-order valence-electron chi connectivity index (χ2n) is 5.69. The zero-order valence-corrected chi connectivity index (χ0v) is 15.0. The van der Waals surface area contributed by atoms with Gasteiger partial charge in [-0.2, -0.15) is 0 Å². The van der Waals surface area contributed by atoms with Crippen molar-refractivity contribution in [3.8, 4) is 17.4 Å². The minimum Gasteiger partial charge on any atom is -0.486 e. The molecule has 3 rings (SSSR count). The molecule has 1 aromatic carbocycles. The number of hydrogen-bond donors (Lipinski definition) is 1. The van der Waals surface area contributed by atoms with Gasteiger partial charge in [-0.15, -0.1) is 0 Å². The maximum absolute atomic E-state index is 12.2. The van der Waals surface area contributed by atoms with Crippen LogP contribution in [0.15, 0.2) is 24.5 Å². The van der Waals surface area contributed by atoms with Crippen molar-refractivity contribution >= 4 is 17.6 Å². The standard InChI is InChI=1S/C18H19N3O6/c1-11-13(8-17(23)24-2)18(20-10-19-11)27-9-16(22)21-12-3-4-14-15(7-12)26-6-5-25-14/h3-4,7,10H,5-6,8-9H2,1-2H3,(H,21,22). The predicted molar refractivity (Wildman–Crippen MR) is 94.0 cm³/mol. The van der Waals surface area contributed by atoms with Crippen LogP contribution in [0.4, 0.5) is 5.69 Å². The molecule has 0 fully saturated rings. The van der Waals surface area contributed by atoms with Gasteiger partial charge < -0.3 is 24.3 Å². The molecule has 0 unspecified atom stereocenters. The van der Waals surface area contributed by atoms with Crippen molar-refractivity contribution in [1.82, 2.24) is 9.97 Å². The summed E-state index contributed by atoms with van der Waals surface area (Å²) in [5.41, 5.74) is 1.62. The van der Waals surface area contributed by atoms with Crippen LogP contribution >= 0.6 is 0 Å². The van der Waals surface area contributed by atoms with Crippen molar-refractivity contribution in [2.75, 3.05) is 32.2 Å². The first-order valence-electron chi connectivity index (χ1n) is 8.26. The van der Waals surface area contributed by atoms with Crippen LogP contribution in [0.5, 0.6) is 17.4 Å². The maximum Gasteiger partial charge on any atom is 0.310 e. The van der Waals surface area contributed by atoms with Crippen molar-refractivity contribution in [1.29, 1.82) is 0 Å². The molecule has 1 aliphatic rings. The number of nitrogens with one attached hydrogen (secondary N) is 1. The lowest BCUT2D eigenvalue weighted by Gasteiger charge is -2.19. The van der Waals surface area contributed by atoms with E-state index in [0.717, 1.165) is 0 Å². The Hall–Kier alpha value is -3.36. The lowest BCUT2D eigenvalue weighted by Crippen LogP contribution is -2.22. The third-order valence-electron chi connectivity index (χ3n) is 3.84. The molecule has 1 N–H and O–H groups in total. The quantitative estimate of drug-likeness (QED) is 0.755. The summed E-state index contributed by atoms with van der Waals surface area (Å²) in [6, 6.07) is 5.13. The predicted octanol–water partition coefficient (Wildman–Crippen LogP) is 1.29. The number of nitrogens with zero attached hydrogens (tertiary/aromatic N) is 2. The molecule has 27 heavy (non-hydrogen) atoms. The molecule has 0 atom stereocenters. The average molecular weight is 373 g/mol. The van der Waals surface area contributed by atoms with Crippen LogP contribution < -0.4 is 19.5 Å². The van der Waals surface area contributed by atoms with Crippen molar-refractivity contribution in [2.45, 2.75) is 13.3 Å². The summed E-state index contributed by atoms with van der Waals surface area (Å²) in [6.07, 6.45) is 1.27. The Balaban J connectivity index is 1.62. The molecule has 0 saturated carbocycles. The van der Waals surface area contributed by atoms with E-state index in [1.54, 1.807) is 25.1 Å². The van der Waals surface area contributed by atoms with E-state index in [1.165, 1.54) is 13.4 Å². The van der Waals surface area contributed by atoms with Gasteiger partial charge in [0.1, 0.15) is 19.5 Å². The van der Waals surface area contributed by atoms with Gasteiger partial charge in [-0.25, -0.2) is 9.97 Å². The Morgan fingerprint density at radius 2 is 1.96 bits per heavy atom. The van der Waals surface area contributed by atoms with E-state index < -0.39 is 5.97 Å². The van der Waals surface area contributed by atoms with Crippen molar-refractivity contribution in [2.24, 2.45) is 0 Å². The molecule has 2 aromatic rings. The first-order chi connectivity index (χ1) is 13.1. The summed E-state index contributed by atoms with van der Waals surface area (Å²) in [5.74, 6) is 0.557. The third kappa shape index (κ3) is 4.63. The van der Waals surface area contributed by atoms with Gasteiger partial charge in [0.15, 0.2) is 18.1 Å². The van der Waals surface area contributed by atoms with Gasteiger partial charge in [0.05, 0.1) is 13.5 Å². The van der Waals surface area contributed by atoms with E-state index in [4.69, 9.17) is 14.2 Å². The van der Waals surface area contributed by atoms with Gasteiger partial charge in [-0.05, 0) is 19.1 Å². The summed E-state index contributed by atoms with van der Waals surface area (Å²) >= 11 is 0. The minimum absolute atomic E-state index is 0.0394. The fourth-order valence-corrected chi connectivity index (χ4v) is 2.48. The molecular weight excluding hydrogens is 354 g/mol. The molecule has 142 valence electrons.